The molecule has 0 unspecified atom stereocenters. The number of sulfonamides is 1. The first-order valence-corrected chi connectivity index (χ1v) is 14.8. The van der Waals surface area contributed by atoms with Gasteiger partial charge in [-0.15, -0.1) is 0 Å². The Kier molecular flexibility index (Phi) is 10.3. The van der Waals surface area contributed by atoms with Gasteiger partial charge in [0.1, 0.15) is 12.4 Å². The Bertz CT molecular complexity index is 1050. The van der Waals surface area contributed by atoms with Gasteiger partial charge in [-0.25, -0.2) is 8.42 Å². The number of ether oxygens (including phenoxy) is 2. The highest BCUT2D eigenvalue weighted by Crippen LogP contribution is 2.29. The SMILES string of the molecule is CO[C@H]1CN(C)C(=O)c2cc(NS(=O)(=O)CC(F)(F)F)ccc2OC[C@@H](C)N(CC2CCCCC2)C[C@H]1C. The number of hydrogen-bond acceptors (Lipinski definition) is 6. The highest BCUT2D eigenvalue weighted by atomic mass is 32.2. The summed E-state index contributed by atoms with van der Waals surface area (Å²) in [7, 11) is -1.48. The highest BCUT2D eigenvalue weighted by molar-refractivity contribution is 7.92. The summed E-state index contributed by atoms with van der Waals surface area (Å²) in [6.45, 7) is 6.49. The lowest BCUT2D eigenvalue weighted by Crippen LogP contribution is -2.48. The number of benzene rings is 1. The Morgan fingerprint density at radius 3 is 2.45 bits per heavy atom. The van der Waals surface area contributed by atoms with Crippen molar-refractivity contribution in [3.8, 4) is 5.75 Å². The van der Waals surface area contributed by atoms with Gasteiger partial charge in [-0.1, -0.05) is 26.2 Å². The van der Waals surface area contributed by atoms with Gasteiger partial charge in [0.25, 0.3) is 5.91 Å². The van der Waals surface area contributed by atoms with Crippen LogP contribution in [-0.4, -0.2) is 88.6 Å². The zero-order valence-corrected chi connectivity index (χ0v) is 23.4. The fourth-order valence-corrected chi connectivity index (χ4v) is 6.29. The van der Waals surface area contributed by atoms with Gasteiger partial charge in [-0.2, -0.15) is 13.2 Å². The number of hydrogen-bond donors (Lipinski definition) is 1. The van der Waals surface area contributed by atoms with Crippen LogP contribution in [0.4, 0.5) is 18.9 Å². The molecule has 0 saturated heterocycles. The van der Waals surface area contributed by atoms with Crippen LogP contribution in [-0.2, 0) is 14.8 Å². The molecule has 1 aliphatic carbocycles. The van der Waals surface area contributed by atoms with Gasteiger partial charge in [0.15, 0.2) is 5.75 Å². The number of halogens is 3. The zero-order valence-electron chi connectivity index (χ0n) is 22.6. The summed E-state index contributed by atoms with van der Waals surface area (Å²) >= 11 is 0. The van der Waals surface area contributed by atoms with E-state index < -0.39 is 27.9 Å². The van der Waals surface area contributed by atoms with E-state index in [1.807, 2.05) is 4.72 Å². The zero-order chi connectivity index (χ0) is 28.1. The first-order chi connectivity index (χ1) is 17.8. The molecule has 8 nitrogen and oxygen atoms in total. The molecule has 1 amide bonds. The van der Waals surface area contributed by atoms with E-state index >= 15 is 0 Å². The third-order valence-electron chi connectivity index (χ3n) is 7.42. The minimum absolute atomic E-state index is 0.0296. The first kappa shape index (κ1) is 30.5. The number of nitrogens with one attached hydrogen (secondary N) is 1. The molecule has 1 saturated carbocycles. The quantitative estimate of drug-likeness (QED) is 0.553. The van der Waals surface area contributed by atoms with Gasteiger partial charge in [-0.05, 0) is 49.8 Å². The fraction of sp³-hybridized carbons (Fsp3) is 0.731. The van der Waals surface area contributed by atoms with Crippen molar-refractivity contribution in [2.75, 3.05) is 50.9 Å². The summed E-state index contributed by atoms with van der Waals surface area (Å²) < 4.78 is 75.9. The normalized spacial score (nSPS) is 25.2. The van der Waals surface area contributed by atoms with E-state index in [1.54, 1.807) is 14.2 Å². The van der Waals surface area contributed by atoms with Crippen molar-refractivity contribution in [3.63, 3.8) is 0 Å². The van der Waals surface area contributed by atoms with Crippen molar-refractivity contribution >= 4 is 21.6 Å². The Labute approximate surface area is 223 Å². The number of fused-ring (bicyclic) bond motifs is 1. The van der Waals surface area contributed by atoms with Crippen molar-refractivity contribution in [1.82, 2.24) is 9.80 Å². The van der Waals surface area contributed by atoms with Crippen LogP contribution in [0.1, 0.15) is 56.3 Å². The number of nitrogens with zero attached hydrogens (tertiary/aromatic N) is 2. The number of carbonyl (C=O) groups is 1. The summed E-state index contributed by atoms with van der Waals surface area (Å²) in [5, 5.41) is 0. The summed E-state index contributed by atoms with van der Waals surface area (Å²) in [5.41, 5.74) is -0.0807. The Balaban J connectivity index is 1.90. The summed E-state index contributed by atoms with van der Waals surface area (Å²) in [4.78, 5) is 17.3. The number of carbonyl (C=O) groups excluding carboxylic acids is 1. The molecule has 0 aromatic heterocycles. The Morgan fingerprint density at radius 2 is 1.82 bits per heavy atom. The van der Waals surface area contributed by atoms with Gasteiger partial charge in [0.05, 0.1) is 11.7 Å². The fourth-order valence-electron chi connectivity index (χ4n) is 5.30. The van der Waals surface area contributed by atoms with E-state index in [0.29, 0.717) is 12.5 Å². The molecule has 1 heterocycles. The van der Waals surface area contributed by atoms with E-state index in [1.165, 1.54) is 55.2 Å². The van der Waals surface area contributed by atoms with Crippen LogP contribution in [0.3, 0.4) is 0 Å². The average molecular weight is 564 g/mol. The second-order valence-corrected chi connectivity index (χ2v) is 12.5. The predicted octanol–water partition coefficient (Wildman–Crippen LogP) is 4.38. The van der Waals surface area contributed by atoms with Crippen LogP contribution in [0.15, 0.2) is 18.2 Å². The van der Waals surface area contributed by atoms with Crippen molar-refractivity contribution in [2.24, 2.45) is 11.8 Å². The number of rotatable bonds is 6. The van der Waals surface area contributed by atoms with Gasteiger partial charge in [-0.3, -0.25) is 14.4 Å². The minimum Gasteiger partial charge on any atom is -0.491 e. The average Bonchev–Trinajstić information content (AvgIpc) is 2.83. The summed E-state index contributed by atoms with van der Waals surface area (Å²) in [6.07, 6.45) is 1.04. The molecule has 1 aromatic carbocycles. The lowest BCUT2D eigenvalue weighted by molar-refractivity contribution is -0.106. The molecule has 3 rings (SSSR count). The Morgan fingerprint density at radius 1 is 1.13 bits per heavy atom. The molecule has 3 atom stereocenters. The molecule has 1 aromatic rings. The summed E-state index contributed by atoms with van der Waals surface area (Å²) in [6, 6.07) is 3.98. The second kappa shape index (κ2) is 12.9. The van der Waals surface area contributed by atoms with Crippen molar-refractivity contribution in [1.29, 1.82) is 0 Å². The monoisotopic (exact) mass is 563 g/mol. The molecular weight excluding hydrogens is 523 g/mol. The number of methoxy groups -OCH3 is 1. The molecule has 216 valence electrons. The number of likely N-dealkylation sites (N-methyl/N-ethyl adjacent to an activating group) is 1. The van der Waals surface area contributed by atoms with Crippen molar-refractivity contribution in [3.05, 3.63) is 23.8 Å². The van der Waals surface area contributed by atoms with Gasteiger partial charge in [0, 0.05) is 45.5 Å². The number of anilines is 1. The van der Waals surface area contributed by atoms with E-state index in [0.717, 1.165) is 13.1 Å². The molecule has 1 N–H and O–H groups in total. The first-order valence-electron chi connectivity index (χ1n) is 13.1. The molecule has 12 heteroatoms. The largest absolute Gasteiger partial charge is 0.491 e. The van der Waals surface area contributed by atoms with Crippen LogP contribution < -0.4 is 9.46 Å². The van der Waals surface area contributed by atoms with Crippen LogP contribution in [0, 0.1) is 11.8 Å². The topological polar surface area (TPSA) is 88.2 Å². The maximum atomic E-state index is 13.4. The maximum Gasteiger partial charge on any atom is 0.404 e. The van der Waals surface area contributed by atoms with Crippen LogP contribution in [0.5, 0.6) is 5.75 Å². The van der Waals surface area contributed by atoms with Crippen LogP contribution >= 0.6 is 0 Å². The third kappa shape index (κ3) is 8.74. The molecule has 0 bridgehead atoms. The van der Waals surface area contributed by atoms with Crippen molar-refractivity contribution < 1.29 is 35.9 Å². The minimum atomic E-state index is -4.90. The van der Waals surface area contributed by atoms with E-state index in [9.17, 15) is 26.4 Å². The van der Waals surface area contributed by atoms with Crippen LogP contribution in [0.25, 0.3) is 0 Å². The highest BCUT2D eigenvalue weighted by Gasteiger charge is 2.35. The van der Waals surface area contributed by atoms with E-state index in [4.69, 9.17) is 9.47 Å². The van der Waals surface area contributed by atoms with E-state index in [-0.39, 0.29) is 41.6 Å². The second-order valence-electron chi connectivity index (χ2n) is 10.7. The standard InChI is InChI=1S/C26H40F3N3O5S/c1-18-13-32(14-20-8-6-5-7-9-20)19(2)16-37-23-11-10-21(30-38(34,35)17-26(27,28)29)12-22(23)25(33)31(3)15-24(18)36-4/h10-12,18-20,24,30H,5-9,13-17H2,1-4H3/t18-,19-,24+/m1/s1. The smallest absolute Gasteiger partial charge is 0.404 e. The molecule has 2 aliphatic rings. The van der Waals surface area contributed by atoms with Gasteiger partial charge >= 0.3 is 6.18 Å². The Hall–Kier alpha value is -2.05. The van der Waals surface area contributed by atoms with Gasteiger partial charge in [0.2, 0.25) is 10.0 Å². The molecule has 0 radical (unpaired) electrons. The molecule has 1 fully saturated rings. The number of amides is 1. The molecule has 1 aliphatic heterocycles. The summed E-state index contributed by atoms with van der Waals surface area (Å²) in [5.74, 6) is -1.49. The number of alkyl halides is 3. The predicted molar refractivity (Wildman–Crippen MR) is 140 cm³/mol. The molecular formula is C26H40F3N3O5S. The van der Waals surface area contributed by atoms with Crippen molar-refractivity contribution in [2.45, 2.75) is 64.3 Å². The van der Waals surface area contributed by atoms with Gasteiger partial charge < -0.3 is 14.4 Å². The van der Waals surface area contributed by atoms with E-state index in [2.05, 4.69) is 18.7 Å². The maximum absolute atomic E-state index is 13.4. The lowest BCUT2D eigenvalue weighted by Gasteiger charge is -2.38. The molecule has 0 spiro atoms. The third-order valence-corrected chi connectivity index (χ3v) is 8.67. The van der Waals surface area contributed by atoms with Crippen LogP contribution in [0.2, 0.25) is 0 Å². The molecule has 38 heavy (non-hydrogen) atoms. The lowest BCUT2D eigenvalue weighted by atomic mass is 9.88.